The molecule has 0 atom stereocenters. The maximum absolute atomic E-state index is 12.2. The molecule has 3 aromatic rings. The van der Waals surface area contributed by atoms with E-state index in [4.69, 9.17) is 20.9 Å². The van der Waals surface area contributed by atoms with Gasteiger partial charge in [-0.1, -0.05) is 12.1 Å². The maximum atomic E-state index is 12.2. The topological polar surface area (TPSA) is 114 Å². The van der Waals surface area contributed by atoms with E-state index in [1.165, 1.54) is 24.3 Å². The highest BCUT2D eigenvalue weighted by Crippen LogP contribution is 2.23. The van der Waals surface area contributed by atoms with Gasteiger partial charge in [0.25, 0.3) is 0 Å². The van der Waals surface area contributed by atoms with E-state index in [1.54, 1.807) is 30.3 Å². The Bertz CT molecular complexity index is 1210. The van der Waals surface area contributed by atoms with Crippen molar-refractivity contribution in [3.05, 3.63) is 89.5 Å². The van der Waals surface area contributed by atoms with E-state index in [0.717, 1.165) is 29.8 Å². The third kappa shape index (κ3) is 8.11. The standard InChI is InChI=1S/C25H21F3N2O5/c26-25(27,28)35-21-9-4-17(5-10-21)24(32)34-20-7-1-16(2-8-20)3-12-23(31)33-14-13-18-15-19(29)6-11-22(18)30/h1-12,15H,13-14,29-30H2/b12-3+. The minimum atomic E-state index is -4.82. The van der Waals surface area contributed by atoms with E-state index < -0.39 is 24.1 Å². The zero-order chi connectivity index (χ0) is 25.4. The number of benzene rings is 3. The second-order valence-corrected chi connectivity index (χ2v) is 7.24. The van der Waals surface area contributed by atoms with Crippen LogP contribution >= 0.6 is 0 Å². The minimum Gasteiger partial charge on any atom is -0.462 e. The lowest BCUT2D eigenvalue weighted by molar-refractivity contribution is -0.274. The van der Waals surface area contributed by atoms with Gasteiger partial charge in [-0.2, -0.15) is 0 Å². The van der Waals surface area contributed by atoms with E-state index >= 15 is 0 Å². The van der Waals surface area contributed by atoms with Crippen LogP contribution in [-0.4, -0.2) is 24.9 Å². The zero-order valence-corrected chi connectivity index (χ0v) is 18.2. The molecule has 0 amide bonds. The Balaban J connectivity index is 1.48. The number of carbonyl (C=O) groups is 2. The first-order valence-electron chi connectivity index (χ1n) is 10.3. The van der Waals surface area contributed by atoms with Gasteiger partial charge in [0.15, 0.2) is 0 Å². The minimum absolute atomic E-state index is 0.0474. The van der Waals surface area contributed by atoms with Gasteiger partial charge in [-0.25, -0.2) is 9.59 Å². The third-order valence-corrected chi connectivity index (χ3v) is 4.61. The number of ether oxygens (including phenoxy) is 3. The van der Waals surface area contributed by atoms with Crippen molar-refractivity contribution in [1.29, 1.82) is 0 Å². The van der Waals surface area contributed by atoms with Crippen molar-refractivity contribution in [2.45, 2.75) is 12.8 Å². The molecule has 4 N–H and O–H groups in total. The SMILES string of the molecule is Nc1ccc(N)c(CCOC(=O)/C=C/c2ccc(OC(=O)c3ccc(OC(F)(F)F)cc3)cc2)c1. The Labute approximate surface area is 198 Å². The van der Waals surface area contributed by atoms with Crippen LogP contribution in [0.3, 0.4) is 0 Å². The molecule has 0 spiro atoms. The van der Waals surface area contributed by atoms with Crippen LogP contribution in [0, 0.1) is 0 Å². The molecule has 10 heteroatoms. The molecular weight excluding hydrogens is 465 g/mol. The summed E-state index contributed by atoms with van der Waals surface area (Å²) in [6, 6.07) is 15.7. The Morgan fingerprint density at radius 3 is 2.20 bits per heavy atom. The van der Waals surface area contributed by atoms with Crippen LogP contribution in [0.1, 0.15) is 21.5 Å². The highest BCUT2D eigenvalue weighted by molar-refractivity contribution is 5.91. The second kappa shape index (κ2) is 11.1. The third-order valence-electron chi connectivity index (χ3n) is 4.61. The second-order valence-electron chi connectivity index (χ2n) is 7.24. The molecule has 35 heavy (non-hydrogen) atoms. The predicted molar refractivity (Wildman–Crippen MR) is 123 cm³/mol. The lowest BCUT2D eigenvalue weighted by Gasteiger charge is -2.09. The van der Waals surface area contributed by atoms with Crippen molar-refractivity contribution in [2.75, 3.05) is 18.1 Å². The Hall–Kier alpha value is -4.47. The van der Waals surface area contributed by atoms with Gasteiger partial charge in [0.1, 0.15) is 11.5 Å². The fraction of sp³-hybridized carbons (Fsp3) is 0.120. The molecule has 0 radical (unpaired) electrons. The number of nitrogens with two attached hydrogens (primary N) is 2. The molecule has 0 aromatic heterocycles. The number of hydrogen-bond donors (Lipinski definition) is 2. The van der Waals surface area contributed by atoms with Crippen LogP contribution in [0.5, 0.6) is 11.5 Å². The number of hydrogen-bond acceptors (Lipinski definition) is 7. The van der Waals surface area contributed by atoms with E-state index in [-0.39, 0.29) is 17.9 Å². The van der Waals surface area contributed by atoms with Gasteiger partial charge in [-0.05, 0) is 71.8 Å². The number of halogens is 3. The van der Waals surface area contributed by atoms with E-state index in [2.05, 4.69) is 4.74 Å². The van der Waals surface area contributed by atoms with Crippen molar-refractivity contribution in [2.24, 2.45) is 0 Å². The normalized spacial score (nSPS) is 11.3. The first-order chi connectivity index (χ1) is 16.6. The van der Waals surface area contributed by atoms with Gasteiger partial charge in [-0.15, -0.1) is 13.2 Å². The molecule has 0 aliphatic carbocycles. The number of alkyl halides is 3. The van der Waals surface area contributed by atoms with Gasteiger partial charge < -0.3 is 25.7 Å². The highest BCUT2D eigenvalue weighted by atomic mass is 19.4. The highest BCUT2D eigenvalue weighted by Gasteiger charge is 2.31. The summed E-state index contributed by atoms with van der Waals surface area (Å²) in [5, 5.41) is 0. The summed E-state index contributed by atoms with van der Waals surface area (Å²) in [4.78, 5) is 24.1. The van der Waals surface area contributed by atoms with E-state index in [1.807, 2.05) is 0 Å². The molecule has 0 heterocycles. The van der Waals surface area contributed by atoms with Crippen molar-refractivity contribution in [3.8, 4) is 11.5 Å². The Morgan fingerprint density at radius 2 is 1.54 bits per heavy atom. The van der Waals surface area contributed by atoms with Crippen LogP contribution < -0.4 is 20.9 Å². The Kier molecular flexibility index (Phi) is 7.98. The smallest absolute Gasteiger partial charge is 0.462 e. The average molecular weight is 486 g/mol. The molecule has 0 aliphatic rings. The monoisotopic (exact) mass is 486 g/mol. The van der Waals surface area contributed by atoms with E-state index in [9.17, 15) is 22.8 Å². The largest absolute Gasteiger partial charge is 0.573 e. The lowest BCUT2D eigenvalue weighted by atomic mass is 10.1. The maximum Gasteiger partial charge on any atom is 0.573 e. The first kappa shape index (κ1) is 25.2. The summed E-state index contributed by atoms with van der Waals surface area (Å²) in [5.41, 5.74) is 14.2. The van der Waals surface area contributed by atoms with Gasteiger partial charge in [0, 0.05) is 23.9 Å². The molecule has 7 nitrogen and oxygen atoms in total. The number of anilines is 2. The summed E-state index contributed by atoms with van der Waals surface area (Å²) in [7, 11) is 0. The van der Waals surface area contributed by atoms with Crippen molar-refractivity contribution in [1.82, 2.24) is 0 Å². The number of esters is 2. The quantitative estimate of drug-likeness (QED) is 0.204. The van der Waals surface area contributed by atoms with Crippen LogP contribution in [0.15, 0.2) is 72.8 Å². The van der Waals surface area contributed by atoms with Gasteiger partial charge in [-0.3, -0.25) is 0 Å². The summed E-state index contributed by atoms with van der Waals surface area (Å²) in [6.07, 6.45) is -1.61. The predicted octanol–water partition coefficient (Wildman–Crippen LogP) is 4.77. The number of rotatable bonds is 8. The lowest BCUT2D eigenvalue weighted by Crippen LogP contribution is -2.17. The molecule has 3 aromatic carbocycles. The van der Waals surface area contributed by atoms with Crippen molar-refractivity contribution < 1.29 is 37.0 Å². The first-order valence-corrected chi connectivity index (χ1v) is 10.3. The molecular formula is C25H21F3N2O5. The molecule has 0 aliphatic heterocycles. The van der Waals surface area contributed by atoms with Crippen LogP contribution in [-0.2, 0) is 16.0 Å². The van der Waals surface area contributed by atoms with Crippen molar-refractivity contribution >= 4 is 29.4 Å². The van der Waals surface area contributed by atoms with Crippen LogP contribution in [0.2, 0.25) is 0 Å². The molecule has 182 valence electrons. The molecule has 0 saturated heterocycles. The summed E-state index contributed by atoms with van der Waals surface area (Å²) in [6.45, 7) is 0.134. The zero-order valence-electron chi connectivity index (χ0n) is 18.2. The number of nitrogen functional groups attached to an aromatic ring is 2. The van der Waals surface area contributed by atoms with Crippen molar-refractivity contribution in [3.63, 3.8) is 0 Å². The molecule has 0 fully saturated rings. The fourth-order valence-corrected chi connectivity index (χ4v) is 2.92. The van der Waals surface area contributed by atoms with Crippen LogP contribution in [0.25, 0.3) is 6.08 Å². The molecule has 0 bridgehead atoms. The van der Waals surface area contributed by atoms with Gasteiger partial charge in [0.05, 0.1) is 12.2 Å². The Morgan fingerprint density at radius 1 is 0.886 bits per heavy atom. The van der Waals surface area contributed by atoms with E-state index in [0.29, 0.717) is 23.4 Å². The average Bonchev–Trinajstić information content (AvgIpc) is 2.80. The van der Waals surface area contributed by atoms with Gasteiger partial charge in [0.2, 0.25) is 0 Å². The fourth-order valence-electron chi connectivity index (χ4n) is 2.92. The molecule has 0 unspecified atom stereocenters. The molecule has 0 saturated carbocycles. The molecule has 3 rings (SSSR count). The summed E-state index contributed by atoms with van der Waals surface area (Å²) < 4.78 is 50.8. The van der Waals surface area contributed by atoms with Crippen LogP contribution in [0.4, 0.5) is 24.5 Å². The summed E-state index contributed by atoms with van der Waals surface area (Å²) in [5.74, 6) is -1.53. The number of carbonyl (C=O) groups excluding carboxylic acids is 2. The van der Waals surface area contributed by atoms with Gasteiger partial charge >= 0.3 is 18.3 Å². The summed E-state index contributed by atoms with van der Waals surface area (Å²) >= 11 is 0.